The number of rotatable bonds is 7. The number of carbonyl (C=O) groups is 2. The number of non-ortho nitro benzene ring substituents is 1. The molecule has 28 heavy (non-hydrogen) atoms. The van der Waals surface area contributed by atoms with E-state index in [9.17, 15) is 24.1 Å². The van der Waals surface area contributed by atoms with Crippen molar-refractivity contribution in [2.24, 2.45) is 0 Å². The number of nitrogens with zero attached hydrogens (tertiary/aromatic N) is 1. The first kappa shape index (κ1) is 21.6. The minimum atomic E-state index is -1.22. The molecule has 0 heterocycles. The normalized spacial score (nSPS) is 11.4. The summed E-state index contributed by atoms with van der Waals surface area (Å²) in [6.07, 6.45) is -1.22. The van der Waals surface area contributed by atoms with Crippen LogP contribution >= 0.6 is 27.5 Å². The maximum Gasteiger partial charge on any atom is 0.344 e. The summed E-state index contributed by atoms with van der Waals surface area (Å²) in [5.74, 6) is -1.84. The van der Waals surface area contributed by atoms with E-state index in [1.54, 1.807) is 0 Å². The summed E-state index contributed by atoms with van der Waals surface area (Å²) in [7, 11) is 0. The molecule has 0 bridgehead atoms. The highest BCUT2D eigenvalue weighted by Gasteiger charge is 2.20. The second-order valence-electron chi connectivity index (χ2n) is 5.41. The van der Waals surface area contributed by atoms with Crippen LogP contribution in [0, 0.1) is 15.9 Å². The number of nitro benzene ring substituents is 1. The molecule has 0 fully saturated rings. The van der Waals surface area contributed by atoms with Crippen molar-refractivity contribution in [2.75, 3.05) is 11.9 Å². The quantitative estimate of drug-likeness (QED) is 0.367. The largest absolute Gasteiger partial charge is 0.481 e. The van der Waals surface area contributed by atoms with Gasteiger partial charge in [0.1, 0.15) is 11.6 Å². The van der Waals surface area contributed by atoms with Gasteiger partial charge in [-0.2, -0.15) is 0 Å². The van der Waals surface area contributed by atoms with Crippen LogP contribution < -0.4 is 10.1 Å². The fourth-order valence-electron chi connectivity index (χ4n) is 1.97. The summed E-state index contributed by atoms with van der Waals surface area (Å²) in [4.78, 5) is 34.1. The number of anilines is 1. The van der Waals surface area contributed by atoms with Crippen LogP contribution in [0.25, 0.3) is 0 Å². The molecule has 0 saturated heterocycles. The van der Waals surface area contributed by atoms with E-state index in [1.165, 1.54) is 31.2 Å². The van der Waals surface area contributed by atoms with E-state index in [1.807, 2.05) is 0 Å². The van der Waals surface area contributed by atoms with Gasteiger partial charge in [-0.05, 0) is 47.1 Å². The Morgan fingerprint density at radius 2 is 2.04 bits per heavy atom. The molecule has 0 aromatic heterocycles. The maximum atomic E-state index is 13.0. The summed E-state index contributed by atoms with van der Waals surface area (Å²) in [6.45, 7) is 0.797. The zero-order valence-electron chi connectivity index (χ0n) is 14.3. The van der Waals surface area contributed by atoms with Crippen molar-refractivity contribution >= 4 is 50.8 Å². The summed E-state index contributed by atoms with van der Waals surface area (Å²) < 4.78 is 23.5. The van der Waals surface area contributed by atoms with Gasteiger partial charge in [0.15, 0.2) is 12.7 Å². The van der Waals surface area contributed by atoms with Crippen LogP contribution in [0.3, 0.4) is 0 Å². The maximum absolute atomic E-state index is 13.0. The Hall–Kier alpha value is -2.72. The Labute approximate surface area is 171 Å². The average molecular weight is 476 g/mol. The lowest BCUT2D eigenvalue weighted by atomic mass is 10.2. The number of esters is 1. The van der Waals surface area contributed by atoms with Crippen LogP contribution in [-0.2, 0) is 14.3 Å². The van der Waals surface area contributed by atoms with E-state index in [-0.39, 0.29) is 22.1 Å². The van der Waals surface area contributed by atoms with E-state index in [4.69, 9.17) is 21.1 Å². The van der Waals surface area contributed by atoms with Gasteiger partial charge in [-0.25, -0.2) is 9.18 Å². The highest BCUT2D eigenvalue weighted by atomic mass is 79.9. The van der Waals surface area contributed by atoms with E-state index in [0.717, 1.165) is 12.1 Å². The lowest BCUT2D eigenvalue weighted by Gasteiger charge is -2.14. The van der Waals surface area contributed by atoms with Gasteiger partial charge in [0.2, 0.25) is 0 Å². The standard InChI is InChI=1S/C17H13BrClFN2O6/c1-9(17(24)21-14-7-11(22(25)26)3-4-13(14)19)28-16(23)8-27-15-5-2-10(20)6-12(15)18/h2-7,9H,8H2,1H3,(H,21,24). The van der Waals surface area contributed by atoms with Crippen molar-refractivity contribution in [3.05, 3.63) is 61.8 Å². The van der Waals surface area contributed by atoms with E-state index < -0.39 is 35.3 Å². The van der Waals surface area contributed by atoms with Crippen LogP contribution in [0.2, 0.25) is 5.02 Å². The van der Waals surface area contributed by atoms with E-state index >= 15 is 0 Å². The number of nitrogens with one attached hydrogen (secondary N) is 1. The molecule has 11 heteroatoms. The molecule has 2 aromatic carbocycles. The van der Waals surface area contributed by atoms with Crippen molar-refractivity contribution < 1.29 is 28.4 Å². The molecule has 1 unspecified atom stereocenters. The van der Waals surface area contributed by atoms with Gasteiger partial charge in [-0.15, -0.1) is 0 Å². The minimum Gasteiger partial charge on any atom is -0.481 e. The topological polar surface area (TPSA) is 108 Å². The second-order valence-corrected chi connectivity index (χ2v) is 6.67. The molecular formula is C17H13BrClFN2O6. The summed E-state index contributed by atoms with van der Waals surface area (Å²) >= 11 is 8.99. The number of ether oxygens (including phenoxy) is 2. The molecule has 2 aromatic rings. The molecule has 8 nitrogen and oxygen atoms in total. The fraction of sp³-hybridized carbons (Fsp3) is 0.176. The van der Waals surface area contributed by atoms with Gasteiger partial charge >= 0.3 is 5.97 Å². The molecule has 0 aliphatic heterocycles. The number of benzene rings is 2. The zero-order valence-corrected chi connectivity index (χ0v) is 16.6. The SMILES string of the molecule is CC(OC(=O)COc1ccc(F)cc1Br)C(=O)Nc1cc([N+](=O)[O-])ccc1Cl. The Balaban J connectivity index is 1.92. The Morgan fingerprint density at radius 3 is 2.68 bits per heavy atom. The minimum absolute atomic E-state index is 0.00950. The third-order valence-corrected chi connectivity index (χ3v) is 4.28. The number of hydrogen-bond acceptors (Lipinski definition) is 6. The van der Waals surface area contributed by atoms with Crippen LogP contribution in [0.15, 0.2) is 40.9 Å². The van der Waals surface area contributed by atoms with Crippen molar-refractivity contribution in [1.82, 2.24) is 0 Å². The number of halogens is 3. The third-order valence-electron chi connectivity index (χ3n) is 3.34. The number of carbonyl (C=O) groups excluding carboxylic acids is 2. The molecule has 0 aliphatic carbocycles. The van der Waals surface area contributed by atoms with Crippen LogP contribution in [0.4, 0.5) is 15.8 Å². The predicted molar refractivity (Wildman–Crippen MR) is 102 cm³/mol. The van der Waals surface area contributed by atoms with Gasteiger partial charge in [0, 0.05) is 12.1 Å². The molecule has 1 amide bonds. The molecular weight excluding hydrogens is 463 g/mol. The predicted octanol–water partition coefficient (Wildman–Crippen LogP) is 4.10. The monoisotopic (exact) mass is 474 g/mol. The highest BCUT2D eigenvalue weighted by molar-refractivity contribution is 9.10. The molecule has 0 radical (unpaired) electrons. The number of nitro groups is 1. The second kappa shape index (κ2) is 9.47. The lowest BCUT2D eigenvalue weighted by molar-refractivity contribution is -0.384. The zero-order chi connectivity index (χ0) is 20.8. The highest BCUT2D eigenvalue weighted by Crippen LogP contribution is 2.27. The van der Waals surface area contributed by atoms with Crippen molar-refractivity contribution in [2.45, 2.75) is 13.0 Å². The lowest BCUT2D eigenvalue weighted by Crippen LogP contribution is -2.31. The van der Waals surface area contributed by atoms with Gasteiger partial charge in [0.05, 0.1) is 20.1 Å². The molecule has 0 aliphatic rings. The smallest absolute Gasteiger partial charge is 0.344 e. The Bertz CT molecular complexity index is 927. The van der Waals surface area contributed by atoms with Crippen molar-refractivity contribution in [1.29, 1.82) is 0 Å². The van der Waals surface area contributed by atoms with E-state index in [0.29, 0.717) is 4.47 Å². The fourth-order valence-corrected chi connectivity index (χ4v) is 2.60. The molecule has 1 atom stereocenters. The van der Waals surface area contributed by atoms with Crippen LogP contribution in [-0.4, -0.2) is 29.5 Å². The first-order chi connectivity index (χ1) is 13.2. The van der Waals surface area contributed by atoms with Gasteiger partial charge < -0.3 is 14.8 Å². The van der Waals surface area contributed by atoms with E-state index in [2.05, 4.69) is 21.2 Å². The Morgan fingerprint density at radius 1 is 1.32 bits per heavy atom. The summed E-state index contributed by atoms with van der Waals surface area (Å²) in [5, 5.41) is 13.2. The van der Waals surface area contributed by atoms with Crippen LogP contribution in [0.1, 0.15) is 6.92 Å². The molecule has 2 rings (SSSR count). The number of amides is 1. The van der Waals surface area contributed by atoms with Gasteiger partial charge in [-0.1, -0.05) is 11.6 Å². The molecule has 0 saturated carbocycles. The number of hydrogen-bond donors (Lipinski definition) is 1. The first-order valence-electron chi connectivity index (χ1n) is 7.69. The summed E-state index contributed by atoms with van der Waals surface area (Å²) in [6, 6.07) is 7.19. The first-order valence-corrected chi connectivity index (χ1v) is 8.86. The van der Waals surface area contributed by atoms with Gasteiger partial charge in [-0.3, -0.25) is 14.9 Å². The van der Waals surface area contributed by atoms with Crippen molar-refractivity contribution in [3.63, 3.8) is 0 Å². The molecule has 148 valence electrons. The average Bonchev–Trinajstić information content (AvgIpc) is 2.62. The Kier molecular flexibility index (Phi) is 7.30. The molecule has 1 N–H and O–H groups in total. The summed E-state index contributed by atoms with van der Waals surface area (Å²) in [5.41, 5.74) is -0.252. The third kappa shape index (κ3) is 5.89. The molecule has 0 spiro atoms. The van der Waals surface area contributed by atoms with Crippen molar-refractivity contribution in [3.8, 4) is 5.75 Å². The van der Waals surface area contributed by atoms with Crippen LogP contribution in [0.5, 0.6) is 5.75 Å². The van der Waals surface area contributed by atoms with Gasteiger partial charge in [0.25, 0.3) is 11.6 Å².